The zero-order chi connectivity index (χ0) is 10.7. The third kappa shape index (κ3) is 2.24. The predicted octanol–water partition coefficient (Wildman–Crippen LogP) is 1.87. The highest BCUT2D eigenvalue weighted by Gasteiger charge is 2.16. The molecule has 0 saturated heterocycles. The van der Waals surface area contributed by atoms with Crippen molar-refractivity contribution in [2.24, 2.45) is 0 Å². The first-order valence-corrected chi connectivity index (χ1v) is 5.78. The fourth-order valence-electron chi connectivity index (χ4n) is 1.51. The van der Waals surface area contributed by atoms with Gasteiger partial charge in [0.1, 0.15) is 5.69 Å². The monoisotopic (exact) mass is 222 g/mol. The highest BCUT2D eigenvalue weighted by atomic mass is 32.1. The summed E-state index contributed by atoms with van der Waals surface area (Å²) in [6, 6.07) is 4.43. The number of hydrogen-bond donors (Lipinski definition) is 2. The standard InChI is InChI=1S/C10H14N4S/c1-3-11-10(8-6-12-14-13-8)9-5-4-7(2)15-9/h4-6,10-11H,3H2,1-2H3,(H,12,13,14). The summed E-state index contributed by atoms with van der Waals surface area (Å²) in [7, 11) is 0. The largest absolute Gasteiger partial charge is 0.304 e. The Balaban J connectivity index is 2.27. The Morgan fingerprint density at radius 3 is 2.93 bits per heavy atom. The molecule has 5 heteroatoms. The maximum atomic E-state index is 4.13. The molecule has 0 spiro atoms. The van der Waals surface area contributed by atoms with Gasteiger partial charge in [-0.05, 0) is 25.6 Å². The Morgan fingerprint density at radius 1 is 1.53 bits per heavy atom. The molecular weight excluding hydrogens is 208 g/mol. The topological polar surface area (TPSA) is 53.6 Å². The lowest BCUT2D eigenvalue weighted by molar-refractivity contribution is 0.622. The van der Waals surface area contributed by atoms with Crippen LogP contribution in [0.5, 0.6) is 0 Å². The smallest absolute Gasteiger partial charge is 0.105 e. The maximum Gasteiger partial charge on any atom is 0.105 e. The van der Waals surface area contributed by atoms with Crippen molar-refractivity contribution in [1.29, 1.82) is 0 Å². The van der Waals surface area contributed by atoms with Crippen LogP contribution in [0.2, 0.25) is 0 Å². The summed E-state index contributed by atoms with van der Waals surface area (Å²) in [5.74, 6) is 0. The number of aromatic nitrogens is 3. The SMILES string of the molecule is CCNC(c1cn[nH]n1)c1ccc(C)s1. The van der Waals surface area contributed by atoms with Gasteiger partial charge >= 0.3 is 0 Å². The summed E-state index contributed by atoms with van der Waals surface area (Å²) in [5, 5.41) is 14.0. The zero-order valence-electron chi connectivity index (χ0n) is 8.82. The first-order chi connectivity index (χ1) is 7.31. The molecular formula is C10H14N4S. The molecule has 15 heavy (non-hydrogen) atoms. The summed E-state index contributed by atoms with van der Waals surface area (Å²) < 4.78 is 0. The second-order valence-electron chi connectivity index (χ2n) is 3.33. The number of hydrogen-bond acceptors (Lipinski definition) is 4. The van der Waals surface area contributed by atoms with Crippen LogP contribution in [0.4, 0.5) is 0 Å². The van der Waals surface area contributed by atoms with Crippen molar-refractivity contribution in [1.82, 2.24) is 20.7 Å². The molecule has 4 nitrogen and oxygen atoms in total. The minimum absolute atomic E-state index is 0.160. The quantitative estimate of drug-likeness (QED) is 0.830. The van der Waals surface area contributed by atoms with E-state index >= 15 is 0 Å². The molecule has 0 aliphatic carbocycles. The van der Waals surface area contributed by atoms with Crippen LogP contribution < -0.4 is 5.32 Å². The second kappa shape index (κ2) is 4.55. The number of rotatable bonds is 4. The van der Waals surface area contributed by atoms with E-state index in [9.17, 15) is 0 Å². The molecule has 0 amide bonds. The van der Waals surface area contributed by atoms with Crippen LogP contribution in [0.25, 0.3) is 0 Å². The van der Waals surface area contributed by atoms with Crippen LogP contribution in [0, 0.1) is 6.92 Å². The molecule has 0 saturated carbocycles. The Labute approximate surface area is 92.7 Å². The predicted molar refractivity (Wildman–Crippen MR) is 61.0 cm³/mol. The molecule has 0 fully saturated rings. The van der Waals surface area contributed by atoms with Gasteiger partial charge in [0.25, 0.3) is 0 Å². The van der Waals surface area contributed by atoms with Gasteiger partial charge in [-0.15, -0.1) is 11.3 Å². The van der Waals surface area contributed by atoms with E-state index in [-0.39, 0.29) is 6.04 Å². The summed E-state index contributed by atoms with van der Waals surface area (Å²) in [5.41, 5.74) is 0.943. The molecule has 1 atom stereocenters. The maximum absolute atomic E-state index is 4.13. The summed E-state index contributed by atoms with van der Waals surface area (Å²) >= 11 is 1.79. The number of aryl methyl sites for hydroxylation is 1. The lowest BCUT2D eigenvalue weighted by Gasteiger charge is -2.12. The molecule has 1 unspecified atom stereocenters. The lowest BCUT2D eigenvalue weighted by Crippen LogP contribution is -2.21. The Kier molecular flexibility index (Phi) is 3.13. The van der Waals surface area contributed by atoms with E-state index in [0.717, 1.165) is 12.2 Å². The van der Waals surface area contributed by atoms with Gasteiger partial charge in [0.15, 0.2) is 0 Å². The lowest BCUT2D eigenvalue weighted by atomic mass is 10.2. The number of nitrogens with one attached hydrogen (secondary N) is 2. The van der Waals surface area contributed by atoms with E-state index < -0.39 is 0 Å². The van der Waals surface area contributed by atoms with Gasteiger partial charge in [-0.25, -0.2) is 0 Å². The molecule has 2 aromatic heterocycles. The molecule has 2 rings (SSSR count). The minimum Gasteiger partial charge on any atom is -0.304 e. The van der Waals surface area contributed by atoms with Gasteiger partial charge in [0.05, 0.1) is 12.2 Å². The second-order valence-corrected chi connectivity index (χ2v) is 4.65. The number of nitrogens with zero attached hydrogens (tertiary/aromatic N) is 2. The van der Waals surface area contributed by atoms with Crippen LogP contribution in [-0.2, 0) is 0 Å². The van der Waals surface area contributed by atoms with Crippen LogP contribution >= 0.6 is 11.3 Å². The average Bonchev–Trinajstić information content (AvgIpc) is 2.85. The third-order valence-corrected chi connectivity index (χ3v) is 3.25. The molecule has 0 bridgehead atoms. The van der Waals surface area contributed by atoms with Crippen LogP contribution in [0.3, 0.4) is 0 Å². The van der Waals surface area contributed by atoms with E-state index in [4.69, 9.17) is 0 Å². The van der Waals surface area contributed by atoms with Gasteiger partial charge in [0.2, 0.25) is 0 Å². The molecule has 80 valence electrons. The summed E-state index contributed by atoms with van der Waals surface area (Å²) in [6.45, 7) is 5.11. The fraction of sp³-hybridized carbons (Fsp3) is 0.400. The van der Waals surface area contributed by atoms with E-state index in [0.29, 0.717) is 0 Å². The van der Waals surface area contributed by atoms with E-state index in [1.54, 1.807) is 17.5 Å². The normalized spacial score (nSPS) is 12.9. The van der Waals surface area contributed by atoms with Gasteiger partial charge in [-0.2, -0.15) is 15.4 Å². The van der Waals surface area contributed by atoms with Crippen LogP contribution in [0.1, 0.15) is 28.4 Å². The Hall–Kier alpha value is -1.20. The minimum atomic E-state index is 0.160. The van der Waals surface area contributed by atoms with Gasteiger partial charge in [-0.3, -0.25) is 0 Å². The van der Waals surface area contributed by atoms with Crippen LogP contribution in [0.15, 0.2) is 18.3 Å². The summed E-state index contributed by atoms with van der Waals surface area (Å²) in [6.07, 6.45) is 1.77. The Morgan fingerprint density at radius 2 is 2.40 bits per heavy atom. The van der Waals surface area contributed by atoms with Crippen molar-refractivity contribution < 1.29 is 0 Å². The van der Waals surface area contributed by atoms with E-state index in [1.807, 2.05) is 0 Å². The molecule has 0 aromatic carbocycles. The summed E-state index contributed by atoms with van der Waals surface area (Å²) in [4.78, 5) is 2.60. The Bertz CT molecular complexity index is 407. The van der Waals surface area contributed by atoms with Crippen molar-refractivity contribution in [2.45, 2.75) is 19.9 Å². The van der Waals surface area contributed by atoms with Gasteiger partial charge < -0.3 is 5.32 Å². The average molecular weight is 222 g/mol. The molecule has 0 aliphatic rings. The van der Waals surface area contributed by atoms with Crippen molar-refractivity contribution in [3.8, 4) is 0 Å². The zero-order valence-corrected chi connectivity index (χ0v) is 9.64. The van der Waals surface area contributed by atoms with Gasteiger partial charge in [0, 0.05) is 9.75 Å². The third-order valence-electron chi connectivity index (χ3n) is 2.18. The first kappa shape index (κ1) is 10.3. The number of thiophene rings is 1. The molecule has 2 N–H and O–H groups in total. The van der Waals surface area contributed by atoms with Crippen molar-refractivity contribution in [3.05, 3.63) is 33.8 Å². The molecule has 0 radical (unpaired) electrons. The first-order valence-electron chi connectivity index (χ1n) is 4.96. The van der Waals surface area contributed by atoms with Crippen molar-refractivity contribution in [2.75, 3.05) is 6.54 Å². The van der Waals surface area contributed by atoms with Crippen LogP contribution in [-0.4, -0.2) is 22.0 Å². The molecule has 0 aliphatic heterocycles. The molecule has 2 aromatic rings. The molecule has 2 heterocycles. The number of H-pyrrole nitrogens is 1. The van der Waals surface area contributed by atoms with Crippen molar-refractivity contribution in [3.63, 3.8) is 0 Å². The van der Waals surface area contributed by atoms with E-state index in [1.165, 1.54) is 9.75 Å². The fourth-order valence-corrected chi connectivity index (χ4v) is 2.48. The number of aromatic amines is 1. The van der Waals surface area contributed by atoms with Gasteiger partial charge in [-0.1, -0.05) is 6.92 Å². The van der Waals surface area contributed by atoms with Crippen molar-refractivity contribution >= 4 is 11.3 Å². The highest BCUT2D eigenvalue weighted by molar-refractivity contribution is 7.12. The highest BCUT2D eigenvalue weighted by Crippen LogP contribution is 2.26. The van der Waals surface area contributed by atoms with E-state index in [2.05, 4.69) is 46.7 Å².